The highest BCUT2D eigenvalue weighted by atomic mass is 16.5. The fraction of sp³-hybridized carbons (Fsp3) is 0.667. The van der Waals surface area contributed by atoms with Gasteiger partial charge in [0, 0.05) is 39.5 Å². The molecule has 94 valence electrons. The van der Waals surface area contributed by atoms with Gasteiger partial charge >= 0.3 is 0 Å². The van der Waals surface area contributed by atoms with Crippen LogP contribution >= 0.6 is 0 Å². The molecule has 5 heteroatoms. The van der Waals surface area contributed by atoms with E-state index >= 15 is 0 Å². The van der Waals surface area contributed by atoms with Crippen LogP contribution in [0.25, 0.3) is 0 Å². The fourth-order valence-electron chi connectivity index (χ4n) is 2.09. The van der Waals surface area contributed by atoms with E-state index in [9.17, 15) is 0 Å². The molecular weight excluding hydrogens is 216 g/mol. The summed E-state index contributed by atoms with van der Waals surface area (Å²) < 4.78 is 5.36. The van der Waals surface area contributed by atoms with Crippen LogP contribution in [0.3, 0.4) is 0 Å². The van der Waals surface area contributed by atoms with Crippen LogP contribution in [0.1, 0.15) is 18.5 Å². The molecule has 1 fully saturated rings. The monoisotopic (exact) mass is 236 g/mol. The highest BCUT2D eigenvalue weighted by Gasteiger charge is 2.16. The van der Waals surface area contributed by atoms with Gasteiger partial charge in [0.15, 0.2) is 0 Å². The summed E-state index contributed by atoms with van der Waals surface area (Å²) in [6.07, 6.45) is 5.77. The predicted molar refractivity (Wildman–Crippen MR) is 66.7 cm³/mol. The highest BCUT2D eigenvalue weighted by molar-refractivity contribution is 5.35. The molecule has 0 unspecified atom stereocenters. The van der Waals surface area contributed by atoms with Gasteiger partial charge in [0.1, 0.15) is 5.82 Å². The van der Waals surface area contributed by atoms with Crippen molar-refractivity contribution in [3.8, 4) is 0 Å². The second kappa shape index (κ2) is 5.93. The van der Waals surface area contributed by atoms with Gasteiger partial charge in [0.25, 0.3) is 0 Å². The van der Waals surface area contributed by atoms with E-state index in [1.54, 1.807) is 12.4 Å². The van der Waals surface area contributed by atoms with Crippen molar-refractivity contribution in [3.63, 3.8) is 0 Å². The molecule has 1 saturated heterocycles. The number of hydrogen-bond donors (Lipinski definition) is 1. The van der Waals surface area contributed by atoms with Crippen molar-refractivity contribution >= 4 is 5.82 Å². The molecule has 0 atom stereocenters. The quantitative estimate of drug-likeness (QED) is 0.837. The van der Waals surface area contributed by atoms with E-state index in [0.717, 1.165) is 44.1 Å². The number of aromatic nitrogens is 2. The first-order chi connectivity index (χ1) is 8.29. The third kappa shape index (κ3) is 3.38. The van der Waals surface area contributed by atoms with Gasteiger partial charge in [-0.25, -0.2) is 4.98 Å². The van der Waals surface area contributed by atoms with Gasteiger partial charge < -0.3 is 15.4 Å². The summed E-state index contributed by atoms with van der Waals surface area (Å²) in [5.74, 6) is 1.59. The van der Waals surface area contributed by atoms with Gasteiger partial charge in [0.05, 0.1) is 11.9 Å². The largest absolute Gasteiger partial charge is 0.381 e. The molecule has 0 spiro atoms. The minimum Gasteiger partial charge on any atom is -0.381 e. The molecule has 0 radical (unpaired) electrons. The molecule has 0 aromatic carbocycles. The Morgan fingerprint density at radius 2 is 2.18 bits per heavy atom. The second-order valence-electron chi connectivity index (χ2n) is 4.51. The van der Waals surface area contributed by atoms with Gasteiger partial charge in [-0.15, -0.1) is 0 Å². The molecule has 0 bridgehead atoms. The van der Waals surface area contributed by atoms with Gasteiger partial charge in [-0.3, -0.25) is 4.98 Å². The molecule has 2 heterocycles. The molecule has 0 aliphatic carbocycles. The first-order valence-corrected chi connectivity index (χ1v) is 6.09. The van der Waals surface area contributed by atoms with Crippen molar-refractivity contribution in [2.75, 3.05) is 31.7 Å². The number of rotatable bonds is 4. The lowest BCUT2D eigenvalue weighted by molar-refractivity contribution is 0.0685. The molecule has 1 aromatic heterocycles. The van der Waals surface area contributed by atoms with Crippen LogP contribution in [0.15, 0.2) is 12.4 Å². The average Bonchev–Trinajstić information content (AvgIpc) is 2.40. The van der Waals surface area contributed by atoms with Crippen molar-refractivity contribution in [1.29, 1.82) is 0 Å². The van der Waals surface area contributed by atoms with Crippen molar-refractivity contribution in [1.82, 2.24) is 9.97 Å². The Morgan fingerprint density at radius 1 is 1.41 bits per heavy atom. The topological polar surface area (TPSA) is 64.3 Å². The summed E-state index contributed by atoms with van der Waals surface area (Å²) in [5, 5.41) is 0. The number of ether oxygens (including phenoxy) is 1. The van der Waals surface area contributed by atoms with Crippen LogP contribution in [-0.2, 0) is 11.3 Å². The Balaban J connectivity index is 1.95. The standard InChI is InChI=1S/C12H20N4O/c1-16(9-10-2-4-17-5-3-10)12-8-14-7-11(6-13)15-12/h7-8,10H,2-6,9,13H2,1H3. The van der Waals surface area contributed by atoms with E-state index < -0.39 is 0 Å². The van der Waals surface area contributed by atoms with E-state index in [2.05, 4.69) is 21.9 Å². The summed E-state index contributed by atoms with van der Waals surface area (Å²) in [6, 6.07) is 0. The normalized spacial score (nSPS) is 17.1. The lowest BCUT2D eigenvalue weighted by Gasteiger charge is -2.27. The van der Waals surface area contributed by atoms with Crippen LogP contribution < -0.4 is 10.6 Å². The van der Waals surface area contributed by atoms with Crippen LogP contribution in [0.5, 0.6) is 0 Å². The summed E-state index contributed by atoms with van der Waals surface area (Å²) in [7, 11) is 2.06. The van der Waals surface area contributed by atoms with E-state index in [0.29, 0.717) is 12.5 Å². The molecule has 17 heavy (non-hydrogen) atoms. The summed E-state index contributed by atoms with van der Waals surface area (Å²) >= 11 is 0. The third-order valence-corrected chi connectivity index (χ3v) is 3.14. The zero-order valence-electron chi connectivity index (χ0n) is 10.3. The average molecular weight is 236 g/mol. The molecule has 1 aliphatic rings. The second-order valence-corrected chi connectivity index (χ2v) is 4.51. The molecule has 1 aromatic rings. The number of hydrogen-bond acceptors (Lipinski definition) is 5. The molecule has 1 aliphatic heterocycles. The minimum atomic E-state index is 0.436. The fourth-order valence-corrected chi connectivity index (χ4v) is 2.09. The maximum atomic E-state index is 5.57. The SMILES string of the molecule is CN(CC1CCOCC1)c1cncc(CN)n1. The van der Waals surface area contributed by atoms with Gasteiger partial charge in [-0.1, -0.05) is 0 Å². The van der Waals surface area contributed by atoms with Crippen LogP contribution in [0.4, 0.5) is 5.82 Å². The summed E-state index contributed by atoms with van der Waals surface area (Å²) in [4.78, 5) is 10.8. The molecule has 0 saturated carbocycles. The van der Waals surface area contributed by atoms with Crippen molar-refractivity contribution < 1.29 is 4.74 Å². The lowest BCUT2D eigenvalue weighted by Crippen LogP contribution is -2.30. The Morgan fingerprint density at radius 3 is 2.88 bits per heavy atom. The first-order valence-electron chi connectivity index (χ1n) is 6.09. The summed E-state index contributed by atoms with van der Waals surface area (Å²) in [6.45, 7) is 3.21. The van der Waals surface area contributed by atoms with Crippen LogP contribution in [0.2, 0.25) is 0 Å². The first kappa shape index (κ1) is 12.3. The zero-order valence-corrected chi connectivity index (χ0v) is 10.3. The van der Waals surface area contributed by atoms with Crippen LogP contribution in [0, 0.1) is 5.92 Å². The molecular formula is C12H20N4O. The smallest absolute Gasteiger partial charge is 0.147 e. The third-order valence-electron chi connectivity index (χ3n) is 3.14. The number of nitrogens with zero attached hydrogens (tertiary/aromatic N) is 3. The lowest BCUT2D eigenvalue weighted by atomic mass is 10.00. The Bertz CT molecular complexity index is 352. The van der Waals surface area contributed by atoms with Crippen molar-refractivity contribution in [2.45, 2.75) is 19.4 Å². The minimum absolute atomic E-state index is 0.436. The van der Waals surface area contributed by atoms with Crippen LogP contribution in [-0.4, -0.2) is 36.8 Å². The van der Waals surface area contributed by atoms with Gasteiger partial charge in [-0.2, -0.15) is 0 Å². The molecule has 5 nitrogen and oxygen atoms in total. The van der Waals surface area contributed by atoms with Gasteiger partial charge in [0.2, 0.25) is 0 Å². The highest BCUT2D eigenvalue weighted by Crippen LogP contribution is 2.18. The summed E-state index contributed by atoms with van der Waals surface area (Å²) in [5.41, 5.74) is 6.40. The molecule has 2 N–H and O–H groups in total. The predicted octanol–water partition coefficient (Wildman–Crippen LogP) is 0.798. The maximum Gasteiger partial charge on any atom is 0.147 e. The van der Waals surface area contributed by atoms with Crippen molar-refractivity contribution in [3.05, 3.63) is 18.1 Å². The van der Waals surface area contributed by atoms with Crippen molar-refractivity contribution in [2.24, 2.45) is 11.7 Å². The maximum absolute atomic E-state index is 5.57. The van der Waals surface area contributed by atoms with E-state index in [4.69, 9.17) is 10.5 Å². The van der Waals surface area contributed by atoms with E-state index in [1.165, 1.54) is 0 Å². The molecule has 0 amide bonds. The Hall–Kier alpha value is -1.20. The Labute approximate surface area is 102 Å². The van der Waals surface area contributed by atoms with E-state index in [1.807, 2.05) is 0 Å². The zero-order chi connectivity index (χ0) is 12.1. The number of anilines is 1. The van der Waals surface area contributed by atoms with Gasteiger partial charge in [-0.05, 0) is 18.8 Å². The Kier molecular flexibility index (Phi) is 4.28. The van der Waals surface area contributed by atoms with E-state index in [-0.39, 0.29) is 0 Å². The molecule has 2 rings (SSSR count). The number of nitrogens with two attached hydrogens (primary N) is 1.